The van der Waals surface area contributed by atoms with Gasteiger partial charge in [0.05, 0.1) is 0 Å². The molecule has 0 spiro atoms. The molecule has 1 atom stereocenters. The van der Waals surface area contributed by atoms with Crippen LogP contribution >= 0.6 is 0 Å². The Morgan fingerprint density at radius 3 is 3.05 bits per heavy atom. The molecule has 1 amide bonds. The van der Waals surface area contributed by atoms with Crippen molar-refractivity contribution in [1.29, 1.82) is 0 Å². The van der Waals surface area contributed by atoms with Crippen LogP contribution in [-0.4, -0.2) is 38.5 Å². The highest BCUT2D eigenvalue weighted by Crippen LogP contribution is 2.36. The standard InChI is InChI=1S/C17H22N4O/c1-19(12-13-6-9-20-10-7-18-16(20)11-13)17(22)15-3-2-8-21(15)14-4-5-14/h2-3,7-8,10,13-14H,4-6,9,11-12H2,1H3. The first-order valence-corrected chi connectivity index (χ1v) is 8.14. The highest BCUT2D eigenvalue weighted by atomic mass is 16.2. The lowest BCUT2D eigenvalue weighted by Crippen LogP contribution is -2.35. The highest BCUT2D eigenvalue weighted by Gasteiger charge is 2.29. The van der Waals surface area contributed by atoms with Crippen LogP contribution in [0, 0.1) is 5.92 Å². The molecule has 0 aromatic carbocycles. The fraction of sp³-hybridized carbons (Fsp3) is 0.529. The van der Waals surface area contributed by atoms with Crippen LogP contribution in [0.25, 0.3) is 0 Å². The van der Waals surface area contributed by atoms with Crippen LogP contribution < -0.4 is 0 Å². The van der Waals surface area contributed by atoms with Gasteiger partial charge in [0.15, 0.2) is 0 Å². The molecule has 0 bridgehead atoms. The Hall–Kier alpha value is -2.04. The molecule has 2 aromatic heterocycles. The smallest absolute Gasteiger partial charge is 0.270 e. The molecule has 1 aliphatic carbocycles. The second-order valence-electron chi connectivity index (χ2n) is 6.61. The minimum absolute atomic E-state index is 0.144. The molecule has 116 valence electrons. The van der Waals surface area contributed by atoms with E-state index in [9.17, 15) is 4.79 Å². The molecule has 3 heterocycles. The average molecular weight is 298 g/mol. The molecule has 4 rings (SSSR count). The van der Waals surface area contributed by atoms with Crippen LogP contribution in [0.2, 0.25) is 0 Å². The number of aromatic nitrogens is 3. The van der Waals surface area contributed by atoms with Crippen LogP contribution in [0.1, 0.15) is 41.6 Å². The maximum absolute atomic E-state index is 12.7. The summed E-state index contributed by atoms with van der Waals surface area (Å²) in [4.78, 5) is 19.0. The number of imidazole rings is 1. The van der Waals surface area contributed by atoms with Crippen molar-refractivity contribution in [2.24, 2.45) is 5.92 Å². The summed E-state index contributed by atoms with van der Waals surface area (Å²) in [7, 11) is 1.92. The van der Waals surface area contributed by atoms with Crippen molar-refractivity contribution in [2.45, 2.75) is 38.3 Å². The maximum atomic E-state index is 12.7. The summed E-state index contributed by atoms with van der Waals surface area (Å²) in [5.74, 6) is 1.80. The van der Waals surface area contributed by atoms with E-state index in [0.717, 1.165) is 37.4 Å². The molecule has 0 radical (unpaired) electrons. The lowest BCUT2D eigenvalue weighted by atomic mass is 9.97. The summed E-state index contributed by atoms with van der Waals surface area (Å²) in [6.07, 6.45) is 10.4. The van der Waals surface area contributed by atoms with E-state index in [2.05, 4.69) is 14.1 Å². The van der Waals surface area contributed by atoms with Crippen molar-refractivity contribution in [1.82, 2.24) is 19.0 Å². The van der Waals surface area contributed by atoms with Crippen LogP contribution in [0.5, 0.6) is 0 Å². The second kappa shape index (κ2) is 5.30. The second-order valence-corrected chi connectivity index (χ2v) is 6.61. The molecule has 1 fully saturated rings. The Morgan fingerprint density at radius 1 is 1.36 bits per heavy atom. The topological polar surface area (TPSA) is 43.1 Å². The van der Waals surface area contributed by atoms with E-state index in [1.165, 1.54) is 12.8 Å². The fourth-order valence-corrected chi connectivity index (χ4v) is 3.48. The van der Waals surface area contributed by atoms with Crippen LogP contribution in [0.4, 0.5) is 0 Å². The zero-order valence-electron chi connectivity index (χ0n) is 13.0. The van der Waals surface area contributed by atoms with E-state index < -0.39 is 0 Å². The lowest BCUT2D eigenvalue weighted by Gasteiger charge is -2.28. The van der Waals surface area contributed by atoms with Crippen LogP contribution in [-0.2, 0) is 13.0 Å². The summed E-state index contributed by atoms with van der Waals surface area (Å²) < 4.78 is 4.36. The quantitative estimate of drug-likeness (QED) is 0.869. The third kappa shape index (κ3) is 2.45. The zero-order chi connectivity index (χ0) is 15.1. The first-order valence-electron chi connectivity index (χ1n) is 8.14. The summed E-state index contributed by atoms with van der Waals surface area (Å²) in [5, 5.41) is 0. The van der Waals surface area contributed by atoms with Crippen molar-refractivity contribution < 1.29 is 4.79 Å². The molecule has 1 saturated carbocycles. The summed E-state index contributed by atoms with van der Waals surface area (Å²) in [5.41, 5.74) is 0.835. The number of nitrogens with zero attached hydrogens (tertiary/aromatic N) is 4. The van der Waals surface area contributed by atoms with Crippen molar-refractivity contribution >= 4 is 5.91 Å². The normalized spacial score (nSPS) is 20.7. The number of fused-ring (bicyclic) bond motifs is 1. The largest absolute Gasteiger partial charge is 0.340 e. The van der Waals surface area contributed by atoms with Crippen LogP contribution in [0.15, 0.2) is 30.7 Å². The molecule has 1 aliphatic heterocycles. The van der Waals surface area contributed by atoms with E-state index >= 15 is 0 Å². The van der Waals surface area contributed by atoms with E-state index in [4.69, 9.17) is 0 Å². The average Bonchev–Trinajstić information content (AvgIpc) is 3.07. The molecule has 5 nitrogen and oxygen atoms in total. The van der Waals surface area contributed by atoms with Gasteiger partial charge in [-0.05, 0) is 37.3 Å². The number of aryl methyl sites for hydroxylation is 1. The number of carbonyl (C=O) groups is 1. The molecule has 0 saturated heterocycles. The van der Waals surface area contributed by atoms with Gasteiger partial charge in [-0.3, -0.25) is 4.79 Å². The van der Waals surface area contributed by atoms with Gasteiger partial charge in [-0.25, -0.2) is 4.98 Å². The maximum Gasteiger partial charge on any atom is 0.270 e. The van der Waals surface area contributed by atoms with Gasteiger partial charge in [-0.2, -0.15) is 0 Å². The van der Waals surface area contributed by atoms with E-state index in [1.54, 1.807) is 0 Å². The predicted molar refractivity (Wildman–Crippen MR) is 83.7 cm³/mol. The van der Waals surface area contributed by atoms with E-state index in [1.807, 2.05) is 42.7 Å². The number of rotatable bonds is 4. The Bertz CT molecular complexity index is 682. The van der Waals surface area contributed by atoms with Gasteiger partial charge in [0, 0.05) is 51.2 Å². The number of hydrogen-bond donors (Lipinski definition) is 0. The number of amides is 1. The van der Waals surface area contributed by atoms with Crippen molar-refractivity contribution in [3.8, 4) is 0 Å². The SMILES string of the molecule is CN(CC1CCn2ccnc2C1)C(=O)c1cccn1C1CC1. The van der Waals surface area contributed by atoms with E-state index in [0.29, 0.717) is 12.0 Å². The summed E-state index contributed by atoms with van der Waals surface area (Å²) in [6.45, 7) is 1.82. The predicted octanol–water partition coefficient (Wildman–Crippen LogP) is 2.35. The third-order valence-electron chi connectivity index (χ3n) is 4.87. The van der Waals surface area contributed by atoms with E-state index in [-0.39, 0.29) is 5.91 Å². The Labute approximate surface area is 130 Å². The summed E-state index contributed by atoms with van der Waals surface area (Å²) >= 11 is 0. The van der Waals surface area contributed by atoms with Crippen molar-refractivity contribution in [3.05, 3.63) is 42.2 Å². The highest BCUT2D eigenvalue weighted by molar-refractivity contribution is 5.92. The van der Waals surface area contributed by atoms with Gasteiger partial charge >= 0.3 is 0 Å². The van der Waals surface area contributed by atoms with Crippen molar-refractivity contribution in [2.75, 3.05) is 13.6 Å². The van der Waals surface area contributed by atoms with Gasteiger partial charge in [0.1, 0.15) is 11.5 Å². The van der Waals surface area contributed by atoms with Gasteiger partial charge < -0.3 is 14.0 Å². The molecule has 2 aliphatic rings. The molecule has 0 N–H and O–H groups in total. The van der Waals surface area contributed by atoms with Gasteiger partial charge in [-0.15, -0.1) is 0 Å². The summed E-state index contributed by atoms with van der Waals surface area (Å²) in [6, 6.07) is 4.48. The molecule has 1 unspecified atom stereocenters. The molecule has 5 heteroatoms. The first-order chi connectivity index (χ1) is 10.7. The van der Waals surface area contributed by atoms with Gasteiger partial charge in [-0.1, -0.05) is 0 Å². The lowest BCUT2D eigenvalue weighted by molar-refractivity contribution is 0.0753. The fourth-order valence-electron chi connectivity index (χ4n) is 3.48. The number of hydrogen-bond acceptors (Lipinski definition) is 2. The minimum atomic E-state index is 0.144. The molecular formula is C17H22N4O. The Morgan fingerprint density at radius 2 is 2.23 bits per heavy atom. The monoisotopic (exact) mass is 298 g/mol. The molecular weight excluding hydrogens is 276 g/mol. The third-order valence-corrected chi connectivity index (χ3v) is 4.87. The first kappa shape index (κ1) is 13.6. The minimum Gasteiger partial charge on any atom is -0.340 e. The van der Waals surface area contributed by atoms with Crippen molar-refractivity contribution in [3.63, 3.8) is 0 Å². The Balaban J connectivity index is 1.42. The molecule has 2 aromatic rings. The Kier molecular flexibility index (Phi) is 3.28. The zero-order valence-corrected chi connectivity index (χ0v) is 13.0. The van der Waals surface area contributed by atoms with Crippen LogP contribution in [0.3, 0.4) is 0 Å². The van der Waals surface area contributed by atoms with Gasteiger partial charge in [0.2, 0.25) is 0 Å². The molecule has 22 heavy (non-hydrogen) atoms. The number of carbonyl (C=O) groups excluding carboxylic acids is 1. The van der Waals surface area contributed by atoms with Gasteiger partial charge in [0.25, 0.3) is 5.91 Å².